The number of carbonyl (C=O) groups is 2. The minimum absolute atomic E-state index is 0.0400. The summed E-state index contributed by atoms with van der Waals surface area (Å²) in [5, 5.41) is 0. The van der Waals surface area contributed by atoms with E-state index in [1.54, 1.807) is 17.0 Å². The number of likely N-dealkylation sites (tertiary alicyclic amines) is 1. The second kappa shape index (κ2) is 9.89. The van der Waals surface area contributed by atoms with Gasteiger partial charge in [-0.3, -0.25) is 9.59 Å². The molecule has 2 amide bonds. The van der Waals surface area contributed by atoms with Crippen molar-refractivity contribution in [3.8, 4) is 0 Å². The smallest absolute Gasteiger partial charge is 0.240 e. The van der Waals surface area contributed by atoms with Crippen LogP contribution in [0.15, 0.2) is 23.1 Å². The number of benzene rings is 1. The molecule has 1 N–H and O–H groups in total. The molecule has 3 rings (SSSR count). The molecule has 8 nitrogen and oxygen atoms in total. The average Bonchev–Trinajstić information content (AvgIpc) is 3.16. The molecule has 0 unspecified atom stereocenters. The number of rotatable bonds is 8. The van der Waals surface area contributed by atoms with Crippen molar-refractivity contribution in [2.45, 2.75) is 43.9 Å². The molecule has 1 aromatic carbocycles. The first-order valence-corrected chi connectivity index (χ1v) is 12.0. The molecule has 0 saturated carbocycles. The number of hydrogen-bond acceptors (Lipinski definition) is 5. The van der Waals surface area contributed by atoms with Crippen LogP contribution < -0.4 is 9.62 Å². The number of ether oxygens (including phenoxy) is 1. The predicted molar refractivity (Wildman–Crippen MR) is 114 cm³/mol. The molecule has 30 heavy (non-hydrogen) atoms. The lowest BCUT2D eigenvalue weighted by atomic mass is 9.99. The van der Waals surface area contributed by atoms with Crippen LogP contribution in [0.25, 0.3) is 0 Å². The van der Waals surface area contributed by atoms with Gasteiger partial charge in [0.25, 0.3) is 0 Å². The predicted octanol–water partition coefficient (Wildman–Crippen LogP) is 1.54. The summed E-state index contributed by atoms with van der Waals surface area (Å²) < 4.78 is 32.1. The maximum absolute atomic E-state index is 12.7. The van der Waals surface area contributed by atoms with E-state index < -0.39 is 10.0 Å². The summed E-state index contributed by atoms with van der Waals surface area (Å²) in [6, 6.07) is 4.82. The molecule has 166 valence electrons. The molecule has 2 aliphatic rings. The topological polar surface area (TPSA) is 96.0 Å². The van der Waals surface area contributed by atoms with E-state index in [0.29, 0.717) is 25.5 Å². The van der Waals surface area contributed by atoms with Crippen molar-refractivity contribution in [2.75, 3.05) is 44.8 Å². The monoisotopic (exact) mass is 437 g/mol. The normalized spacial score (nSPS) is 17.3. The Kier molecular flexibility index (Phi) is 7.49. The minimum Gasteiger partial charge on any atom is -0.383 e. The van der Waals surface area contributed by atoms with Crippen molar-refractivity contribution in [1.82, 2.24) is 9.62 Å². The minimum atomic E-state index is -3.61. The van der Waals surface area contributed by atoms with Crippen LogP contribution in [0.5, 0.6) is 0 Å². The Labute approximate surface area is 178 Å². The number of nitrogens with one attached hydrogen (secondary N) is 1. The zero-order valence-electron chi connectivity index (χ0n) is 17.7. The van der Waals surface area contributed by atoms with Gasteiger partial charge in [-0.05, 0) is 48.9 Å². The van der Waals surface area contributed by atoms with Gasteiger partial charge in [0.1, 0.15) is 0 Å². The van der Waals surface area contributed by atoms with Gasteiger partial charge in [0.05, 0.1) is 11.5 Å². The van der Waals surface area contributed by atoms with Gasteiger partial charge in [0.15, 0.2) is 0 Å². The van der Waals surface area contributed by atoms with Gasteiger partial charge in [-0.2, -0.15) is 0 Å². The standard InChI is InChI=1S/C21H31N3O5S/c1-16-7-11-23(12-8-16)20(25)5-6-21(26)24-13-9-17-15-18(3-4-19(17)24)30(27,28)22-10-14-29-2/h3-4,15-16,22H,5-14H2,1-2H3. The zero-order chi connectivity index (χ0) is 21.7. The highest BCUT2D eigenvalue weighted by atomic mass is 32.2. The summed E-state index contributed by atoms with van der Waals surface area (Å²) in [7, 11) is -2.10. The van der Waals surface area contributed by atoms with Crippen LogP contribution in [-0.4, -0.2) is 65.0 Å². The lowest BCUT2D eigenvalue weighted by Gasteiger charge is -2.30. The van der Waals surface area contributed by atoms with Crippen LogP contribution in [-0.2, 0) is 30.8 Å². The van der Waals surface area contributed by atoms with E-state index in [9.17, 15) is 18.0 Å². The molecule has 0 bridgehead atoms. The number of methoxy groups -OCH3 is 1. The van der Waals surface area contributed by atoms with Crippen LogP contribution in [0.1, 0.15) is 38.2 Å². The fourth-order valence-electron chi connectivity index (χ4n) is 3.93. The van der Waals surface area contributed by atoms with Gasteiger partial charge in [-0.15, -0.1) is 0 Å². The Morgan fingerprint density at radius 1 is 1.13 bits per heavy atom. The van der Waals surface area contributed by atoms with E-state index in [0.717, 1.165) is 37.2 Å². The average molecular weight is 438 g/mol. The molecule has 0 aliphatic carbocycles. The van der Waals surface area contributed by atoms with E-state index in [-0.39, 0.29) is 36.1 Å². The molecule has 1 fully saturated rings. The Morgan fingerprint density at radius 3 is 2.53 bits per heavy atom. The van der Waals surface area contributed by atoms with E-state index in [4.69, 9.17) is 4.74 Å². The molecule has 1 saturated heterocycles. The molecule has 1 aromatic rings. The number of nitrogens with zero attached hydrogens (tertiary/aromatic N) is 2. The number of sulfonamides is 1. The number of fused-ring (bicyclic) bond motifs is 1. The first kappa shape index (κ1) is 22.7. The Hall–Kier alpha value is -1.97. The number of amides is 2. The molecule has 2 aliphatic heterocycles. The zero-order valence-corrected chi connectivity index (χ0v) is 18.5. The maximum atomic E-state index is 12.7. The summed E-state index contributed by atoms with van der Waals surface area (Å²) in [4.78, 5) is 28.8. The third-order valence-corrected chi connectivity index (χ3v) is 7.30. The van der Waals surface area contributed by atoms with Crippen LogP contribution in [0.4, 0.5) is 5.69 Å². The van der Waals surface area contributed by atoms with E-state index >= 15 is 0 Å². The summed E-state index contributed by atoms with van der Waals surface area (Å²) in [5.41, 5.74) is 1.56. The highest BCUT2D eigenvalue weighted by Gasteiger charge is 2.28. The molecule has 0 atom stereocenters. The van der Waals surface area contributed by atoms with E-state index in [1.165, 1.54) is 13.2 Å². The summed E-state index contributed by atoms with van der Waals surface area (Å²) >= 11 is 0. The van der Waals surface area contributed by atoms with Crippen LogP contribution >= 0.6 is 0 Å². The van der Waals surface area contributed by atoms with Gasteiger partial charge in [-0.1, -0.05) is 6.92 Å². The van der Waals surface area contributed by atoms with Crippen LogP contribution in [0, 0.1) is 5.92 Å². The van der Waals surface area contributed by atoms with Gasteiger partial charge < -0.3 is 14.5 Å². The van der Waals surface area contributed by atoms with Crippen molar-refractivity contribution in [3.63, 3.8) is 0 Å². The summed E-state index contributed by atoms with van der Waals surface area (Å²) in [5.74, 6) is 0.597. The van der Waals surface area contributed by atoms with Gasteiger partial charge in [-0.25, -0.2) is 13.1 Å². The van der Waals surface area contributed by atoms with Gasteiger partial charge in [0.2, 0.25) is 21.8 Å². The Morgan fingerprint density at radius 2 is 1.83 bits per heavy atom. The Balaban J connectivity index is 1.58. The third-order valence-electron chi connectivity index (χ3n) is 5.85. The van der Waals surface area contributed by atoms with Crippen molar-refractivity contribution >= 4 is 27.5 Å². The molecule has 9 heteroatoms. The molecule has 2 heterocycles. The second-order valence-electron chi connectivity index (χ2n) is 8.04. The molecule has 0 spiro atoms. The number of hydrogen-bond donors (Lipinski definition) is 1. The van der Waals surface area contributed by atoms with Crippen LogP contribution in [0.3, 0.4) is 0 Å². The lowest BCUT2D eigenvalue weighted by molar-refractivity contribution is -0.134. The quantitative estimate of drug-likeness (QED) is 0.623. The highest BCUT2D eigenvalue weighted by molar-refractivity contribution is 7.89. The van der Waals surface area contributed by atoms with E-state index in [2.05, 4.69) is 11.6 Å². The SMILES string of the molecule is COCCNS(=O)(=O)c1ccc2c(c1)CCN2C(=O)CCC(=O)N1CCC(C)CC1. The molecular weight excluding hydrogens is 406 g/mol. The molecule has 0 radical (unpaired) electrons. The largest absolute Gasteiger partial charge is 0.383 e. The number of carbonyl (C=O) groups excluding carboxylic acids is 2. The highest BCUT2D eigenvalue weighted by Crippen LogP contribution is 2.31. The first-order valence-electron chi connectivity index (χ1n) is 10.5. The lowest BCUT2D eigenvalue weighted by Crippen LogP contribution is -2.38. The first-order chi connectivity index (χ1) is 14.3. The number of piperidine rings is 1. The van der Waals surface area contributed by atoms with Gasteiger partial charge in [0, 0.05) is 51.8 Å². The summed E-state index contributed by atoms with van der Waals surface area (Å²) in [6.07, 6.45) is 3.02. The Bertz CT molecular complexity index is 879. The fourth-order valence-corrected chi connectivity index (χ4v) is 4.99. The second-order valence-corrected chi connectivity index (χ2v) is 9.81. The van der Waals surface area contributed by atoms with Crippen molar-refractivity contribution in [3.05, 3.63) is 23.8 Å². The van der Waals surface area contributed by atoms with Crippen molar-refractivity contribution in [1.29, 1.82) is 0 Å². The maximum Gasteiger partial charge on any atom is 0.240 e. The summed E-state index contributed by atoms with van der Waals surface area (Å²) in [6.45, 7) is 4.74. The number of anilines is 1. The fraction of sp³-hybridized carbons (Fsp3) is 0.619. The van der Waals surface area contributed by atoms with Crippen molar-refractivity contribution < 1.29 is 22.7 Å². The third kappa shape index (κ3) is 5.39. The van der Waals surface area contributed by atoms with Crippen molar-refractivity contribution in [2.24, 2.45) is 5.92 Å². The molecule has 0 aromatic heterocycles. The van der Waals surface area contributed by atoms with E-state index in [1.807, 2.05) is 4.90 Å². The molecular formula is C21H31N3O5S. The van der Waals surface area contributed by atoms with Gasteiger partial charge >= 0.3 is 0 Å². The van der Waals surface area contributed by atoms with Crippen LogP contribution in [0.2, 0.25) is 0 Å².